The van der Waals surface area contributed by atoms with Crippen molar-refractivity contribution in [2.24, 2.45) is 0 Å². The van der Waals surface area contributed by atoms with Gasteiger partial charge in [-0.3, -0.25) is 9.69 Å². The summed E-state index contributed by atoms with van der Waals surface area (Å²) in [5.74, 6) is 1.53. The summed E-state index contributed by atoms with van der Waals surface area (Å²) in [6, 6.07) is 11.6. The third-order valence-corrected chi connectivity index (χ3v) is 5.58. The fraction of sp³-hybridized carbons (Fsp3) is 0.278. The van der Waals surface area contributed by atoms with Crippen LogP contribution in [0, 0.1) is 6.92 Å². The van der Waals surface area contributed by atoms with E-state index in [1.54, 1.807) is 0 Å². The SMILES string of the molecule is Cc1ccc([C@@H](CNC(=O)c2sc3ccccc3c2Cl)N(C)C)o1. The van der Waals surface area contributed by atoms with E-state index < -0.39 is 0 Å². The summed E-state index contributed by atoms with van der Waals surface area (Å²) in [5, 5.41) is 4.41. The Bertz CT molecular complexity index is 869. The van der Waals surface area contributed by atoms with Crippen LogP contribution in [0.3, 0.4) is 0 Å². The molecule has 0 aliphatic rings. The fourth-order valence-electron chi connectivity index (χ4n) is 2.60. The number of thiophene rings is 1. The molecule has 1 atom stereocenters. The Hall–Kier alpha value is -1.82. The van der Waals surface area contributed by atoms with E-state index in [1.165, 1.54) is 11.3 Å². The highest BCUT2D eigenvalue weighted by molar-refractivity contribution is 7.21. The molecule has 4 nitrogen and oxygen atoms in total. The zero-order valence-corrected chi connectivity index (χ0v) is 15.4. The number of furan rings is 1. The second-order valence-electron chi connectivity index (χ2n) is 5.88. The molecule has 3 aromatic rings. The normalized spacial score (nSPS) is 12.7. The summed E-state index contributed by atoms with van der Waals surface area (Å²) in [7, 11) is 3.92. The van der Waals surface area contributed by atoms with Gasteiger partial charge in [0, 0.05) is 16.6 Å². The van der Waals surface area contributed by atoms with Crippen LogP contribution in [0.4, 0.5) is 0 Å². The van der Waals surface area contributed by atoms with Crippen molar-refractivity contribution in [3.8, 4) is 0 Å². The van der Waals surface area contributed by atoms with Crippen LogP contribution >= 0.6 is 22.9 Å². The molecule has 0 aliphatic carbocycles. The lowest BCUT2D eigenvalue weighted by molar-refractivity contribution is 0.0943. The molecular weight excluding hydrogens is 344 g/mol. The topological polar surface area (TPSA) is 45.5 Å². The molecule has 0 unspecified atom stereocenters. The van der Waals surface area contributed by atoms with Gasteiger partial charge in [-0.1, -0.05) is 29.8 Å². The average Bonchev–Trinajstić information content (AvgIpc) is 3.12. The van der Waals surface area contributed by atoms with Gasteiger partial charge in [0.15, 0.2) is 0 Å². The second kappa shape index (κ2) is 6.97. The number of hydrogen-bond donors (Lipinski definition) is 1. The van der Waals surface area contributed by atoms with E-state index in [2.05, 4.69) is 5.32 Å². The van der Waals surface area contributed by atoms with Crippen molar-refractivity contribution >= 4 is 38.9 Å². The highest BCUT2D eigenvalue weighted by Gasteiger charge is 2.21. The predicted octanol–water partition coefficient (Wildman–Crippen LogP) is 4.49. The number of rotatable bonds is 5. The molecule has 1 N–H and O–H groups in total. The largest absolute Gasteiger partial charge is 0.465 e. The third kappa shape index (κ3) is 3.34. The van der Waals surface area contributed by atoms with Crippen molar-refractivity contribution in [3.05, 3.63) is 57.8 Å². The molecule has 0 fully saturated rings. The first-order valence-corrected chi connectivity index (χ1v) is 8.85. The number of carbonyl (C=O) groups is 1. The van der Waals surface area contributed by atoms with Crippen LogP contribution in [0.15, 0.2) is 40.8 Å². The molecule has 0 spiro atoms. The smallest absolute Gasteiger partial charge is 0.263 e. The van der Waals surface area contributed by atoms with Crippen LogP contribution in [0.2, 0.25) is 5.02 Å². The van der Waals surface area contributed by atoms with Crippen molar-refractivity contribution in [1.29, 1.82) is 0 Å². The monoisotopic (exact) mass is 362 g/mol. The Labute approximate surface area is 150 Å². The number of fused-ring (bicyclic) bond motifs is 1. The lowest BCUT2D eigenvalue weighted by atomic mass is 10.2. The molecule has 1 amide bonds. The Morgan fingerprint density at radius 3 is 2.67 bits per heavy atom. The second-order valence-corrected chi connectivity index (χ2v) is 7.31. The van der Waals surface area contributed by atoms with Crippen LogP contribution in [0.25, 0.3) is 10.1 Å². The standard InChI is InChI=1S/C18H19ClN2O2S/c1-11-8-9-14(23-11)13(21(2)3)10-20-18(22)17-16(19)12-6-4-5-7-15(12)24-17/h4-9,13H,10H2,1-3H3,(H,20,22)/t13-/m1/s1. The number of halogens is 1. The van der Waals surface area contributed by atoms with E-state index in [4.69, 9.17) is 16.0 Å². The molecule has 0 aliphatic heterocycles. The maximum absolute atomic E-state index is 12.6. The first kappa shape index (κ1) is 17.0. The molecule has 0 radical (unpaired) electrons. The molecule has 24 heavy (non-hydrogen) atoms. The highest BCUT2D eigenvalue weighted by atomic mass is 35.5. The number of carbonyl (C=O) groups excluding carboxylic acids is 1. The van der Waals surface area contributed by atoms with Gasteiger partial charge in [-0.15, -0.1) is 11.3 Å². The Morgan fingerprint density at radius 2 is 2.04 bits per heavy atom. The van der Waals surface area contributed by atoms with Crippen molar-refractivity contribution in [3.63, 3.8) is 0 Å². The summed E-state index contributed by atoms with van der Waals surface area (Å²) in [6.07, 6.45) is 0. The molecule has 1 aromatic carbocycles. The van der Waals surface area contributed by atoms with Crippen molar-refractivity contribution in [1.82, 2.24) is 10.2 Å². The van der Waals surface area contributed by atoms with Crippen molar-refractivity contribution < 1.29 is 9.21 Å². The van der Waals surface area contributed by atoms with E-state index in [1.807, 2.05) is 62.3 Å². The lowest BCUT2D eigenvalue weighted by Crippen LogP contribution is -2.34. The maximum Gasteiger partial charge on any atom is 0.263 e. The molecule has 3 rings (SSSR count). The average molecular weight is 363 g/mol. The number of aryl methyl sites for hydroxylation is 1. The van der Waals surface area contributed by atoms with Crippen molar-refractivity contribution in [2.45, 2.75) is 13.0 Å². The number of nitrogens with one attached hydrogen (secondary N) is 1. The van der Waals surface area contributed by atoms with Crippen LogP contribution in [0.1, 0.15) is 27.2 Å². The number of hydrogen-bond acceptors (Lipinski definition) is 4. The molecule has 0 saturated carbocycles. The van der Waals surface area contributed by atoms with Gasteiger partial charge in [0.1, 0.15) is 16.4 Å². The minimum Gasteiger partial charge on any atom is -0.465 e. The quantitative estimate of drug-likeness (QED) is 0.727. The number of benzene rings is 1. The Balaban J connectivity index is 1.77. The molecule has 6 heteroatoms. The van der Waals surface area contributed by atoms with Gasteiger partial charge in [-0.2, -0.15) is 0 Å². The van der Waals surface area contributed by atoms with Gasteiger partial charge < -0.3 is 9.73 Å². The van der Waals surface area contributed by atoms with Gasteiger partial charge in [-0.25, -0.2) is 0 Å². The fourth-order valence-corrected chi connectivity index (χ4v) is 4.03. The van der Waals surface area contributed by atoms with Gasteiger partial charge >= 0.3 is 0 Å². The summed E-state index contributed by atoms with van der Waals surface area (Å²) >= 11 is 7.78. The van der Waals surface area contributed by atoms with E-state index >= 15 is 0 Å². The first-order valence-electron chi connectivity index (χ1n) is 7.65. The summed E-state index contributed by atoms with van der Waals surface area (Å²) in [5.41, 5.74) is 0. The number of likely N-dealkylation sites (N-methyl/N-ethyl adjacent to an activating group) is 1. The molecule has 126 valence electrons. The minimum atomic E-state index is -0.156. The molecule has 2 aromatic heterocycles. The van der Waals surface area contributed by atoms with Gasteiger partial charge in [0.25, 0.3) is 5.91 Å². The number of amides is 1. The first-order chi connectivity index (χ1) is 11.5. The number of nitrogens with zero attached hydrogens (tertiary/aromatic N) is 1. The minimum absolute atomic E-state index is 0.0317. The maximum atomic E-state index is 12.6. The van der Waals surface area contributed by atoms with Crippen LogP contribution in [-0.2, 0) is 0 Å². The summed E-state index contributed by atoms with van der Waals surface area (Å²) in [4.78, 5) is 15.1. The Morgan fingerprint density at radius 1 is 1.29 bits per heavy atom. The van der Waals surface area contributed by atoms with Crippen LogP contribution in [0.5, 0.6) is 0 Å². The Kier molecular flexibility index (Phi) is 4.94. The predicted molar refractivity (Wildman–Crippen MR) is 99.0 cm³/mol. The van der Waals surface area contributed by atoms with Gasteiger partial charge in [0.05, 0.1) is 11.1 Å². The van der Waals surface area contributed by atoms with E-state index in [0.717, 1.165) is 21.6 Å². The zero-order chi connectivity index (χ0) is 17.3. The van der Waals surface area contributed by atoms with E-state index in [9.17, 15) is 4.79 Å². The van der Waals surface area contributed by atoms with E-state index in [0.29, 0.717) is 16.4 Å². The highest BCUT2D eigenvalue weighted by Crippen LogP contribution is 2.35. The lowest BCUT2D eigenvalue weighted by Gasteiger charge is -2.22. The summed E-state index contributed by atoms with van der Waals surface area (Å²) < 4.78 is 6.71. The van der Waals surface area contributed by atoms with Crippen molar-refractivity contribution in [2.75, 3.05) is 20.6 Å². The van der Waals surface area contributed by atoms with E-state index in [-0.39, 0.29) is 11.9 Å². The van der Waals surface area contributed by atoms with Crippen LogP contribution < -0.4 is 5.32 Å². The van der Waals surface area contributed by atoms with Gasteiger partial charge in [-0.05, 0) is 39.2 Å². The zero-order valence-electron chi connectivity index (χ0n) is 13.8. The summed E-state index contributed by atoms with van der Waals surface area (Å²) in [6.45, 7) is 2.36. The molecule has 0 saturated heterocycles. The molecular formula is C18H19ClN2O2S. The molecule has 0 bridgehead atoms. The van der Waals surface area contributed by atoms with Gasteiger partial charge in [0.2, 0.25) is 0 Å². The third-order valence-electron chi connectivity index (χ3n) is 3.91. The van der Waals surface area contributed by atoms with Crippen LogP contribution in [-0.4, -0.2) is 31.4 Å². The molecule has 2 heterocycles.